The van der Waals surface area contributed by atoms with Crippen molar-refractivity contribution < 1.29 is 39.0 Å². The molecule has 0 saturated carbocycles. The second-order valence-electron chi connectivity index (χ2n) is 22.3. The zero-order valence-electron chi connectivity index (χ0n) is 45.5. The minimum atomic E-state index is -1.10. The molecule has 4 aliphatic heterocycles. The molecule has 1 atom stereocenters. The Morgan fingerprint density at radius 1 is 0.829 bits per heavy atom. The molecule has 4 heterocycles. The Labute approximate surface area is 444 Å². The van der Waals surface area contributed by atoms with Crippen molar-refractivity contribution in [1.29, 1.82) is 0 Å². The van der Waals surface area contributed by atoms with Crippen molar-refractivity contribution in [1.82, 2.24) is 15.2 Å². The lowest BCUT2D eigenvalue weighted by atomic mass is 9.83. The van der Waals surface area contributed by atoms with Crippen LogP contribution in [0.15, 0.2) is 78.9 Å². The molecule has 0 radical (unpaired) electrons. The number of nitrogens with zero attached hydrogens (tertiary/aromatic N) is 3. The lowest BCUT2D eigenvalue weighted by Gasteiger charge is -2.44. The smallest absolute Gasteiger partial charge is 0.335 e. The van der Waals surface area contributed by atoms with E-state index in [9.17, 15) is 34.7 Å². The van der Waals surface area contributed by atoms with E-state index in [1.807, 2.05) is 27.7 Å². The molecular formula is C62H70N5O9+. The van der Waals surface area contributed by atoms with Gasteiger partial charge in [-0.3, -0.25) is 25.0 Å². The van der Waals surface area contributed by atoms with Crippen LogP contribution in [0.1, 0.15) is 151 Å². The van der Waals surface area contributed by atoms with E-state index in [0.29, 0.717) is 66.4 Å². The summed E-state index contributed by atoms with van der Waals surface area (Å²) in [5, 5.41) is 40.5. The molecule has 396 valence electrons. The number of rotatable bonds is 17. The van der Waals surface area contributed by atoms with Gasteiger partial charge in [0.2, 0.25) is 11.3 Å². The van der Waals surface area contributed by atoms with Gasteiger partial charge in [0, 0.05) is 115 Å². The number of nitro groups is 1. The molecule has 5 aromatic rings. The fraction of sp³-hybridized carbons (Fsp3) is 0.387. The van der Waals surface area contributed by atoms with Crippen LogP contribution in [0.2, 0.25) is 0 Å². The number of nitro benzene ring substituents is 1. The maximum Gasteiger partial charge on any atom is 0.335 e. The van der Waals surface area contributed by atoms with E-state index in [0.717, 1.165) is 123 Å². The number of aromatic hydroxyl groups is 1. The van der Waals surface area contributed by atoms with Crippen molar-refractivity contribution in [3.8, 4) is 23.0 Å². The molecule has 4 N–H and O–H groups in total. The van der Waals surface area contributed by atoms with Crippen LogP contribution in [0.3, 0.4) is 0 Å². The van der Waals surface area contributed by atoms with Crippen LogP contribution < -0.4 is 40.2 Å². The van der Waals surface area contributed by atoms with Crippen LogP contribution in [-0.4, -0.2) is 76.3 Å². The van der Waals surface area contributed by atoms with E-state index in [-0.39, 0.29) is 22.7 Å². The van der Waals surface area contributed by atoms with Gasteiger partial charge in [0.05, 0.1) is 22.1 Å². The van der Waals surface area contributed by atoms with Crippen molar-refractivity contribution in [2.75, 3.05) is 31.1 Å². The third-order valence-electron chi connectivity index (χ3n) is 16.1. The summed E-state index contributed by atoms with van der Waals surface area (Å²) in [4.78, 5) is 51.8. The molecule has 0 spiro atoms. The number of fused-ring (bicyclic) bond motifs is 5. The number of carbonyl (C=O) groups is 3. The molecule has 0 aromatic heterocycles. The molecule has 0 fully saturated rings. The highest BCUT2D eigenvalue weighted by molar-refractivity contribution is 5.99. The first-order valence-corrected chi connectivity index (χ1v) is 26.5. The number of carboxylic acids is 1. The van der Waals surface area contributed by atoms with Gasteiger partial charge in [-0.1, -0.05) is 24.3 Å². The molecule has 76 heavy (non-hydrogen) atoms. The lowest BCUT2D eigenvalue weighted by Crippen LogP contribution is -2.52. The Morgan fingerprint density at radius 2 is 1.57 bits per heavy atom. The monoisotopic (exact) mass is 1030 g/mol. The van der Waals surface area contributed by atoms with E-state index in [4.69, 9.17) is 9.47 Å². The summed E-state index contributed by atoms with van der Waals surface area (Å²) in [6.45, 7) is 23.1. The number of aldehydes is 1. The zero-order valence-corrected chi connectivity index (χ0v) is 45.5. The number of aromatic carboxylic acids is 1. The highest BCUT2D eigenvalue weighted by atomic mass is 16.6. The molecule has 1 unspecified atom stereocenters. The minimum absolute atomic E-state index is 0.00741. The summed E-state index contributed by atoms with van der Waals surface area (Å²) >= 11 is 0. The summed E-state index contributed by atoms with van der Waals surface area (Å²) in [6, 6.07) is 19.6. The topological polar surface area (TPSA) is 184 Å². The van der Waals surface area contributed by atoms with Crippen molar-refractivity contribution in [2.45, 2.75) is 131 Å². The minimum Gasteiger partial charge on any atom is -0.507 e. The summed E-state index contributed by atoms with van der Waals surface area (Å²) < 4.78 is 15.9. The van der Waals surface area contributed by atoms with Crippen molar-refractivity contribution in [3.63, 3.8) is 0 Å². The Hall–Kier alpha value is -7.58. The third kappa shape index (κ3) is 10.1. The van der Waals surface area contributed by atoms with Crippen LogP contribution in [0, 0.1) is 30.9 Å². The number of nitrogens with one attached hydrogen (secondary N) is 2. The first kappa shape index (κ1) is 53.3. The second kappa shape index (κ2) is 20.5. The summed E-state index contributed by atoms with van der Waals surface area (Å²) in [5.74, 6) is 1.22. The number of ether oxygens (including phenoxy) is 2. The number of hydrogen-bond donors (Lipinski definition) is 4. The van der Waals surface area contributed by atoms with Crippen molar-refractivity contribution in [3.05, 3.63) is 161 Å². The first-order valence-electron chi connectivity index (χ1n) is 26.5. The zero-order chi connectivity index (χ0) is 54.6. The normalized spacial score (nSPS) is 17.6. The number of hydrogen-bond acceptors (Lipinski definition) is 10. The van der Waals surface area contributed by atoms with Gasteiger partial charge in [0.15, 0.2) is 17.6 Å². The number of anilines is 1. The highest BCUT2D eigenvalue weighted by Gasteiger charge is 2.38. The Morgan fingerprint density at radius 3 is 2.28 bits per heavy atom. The van der Waals surface area contributed by atoms with Crippen LogP contribution in [0.4, 0.5) is 11.4 Å². The van der Waals surface area contributed by atoms with Gasteiger partial charge in [-0.15, -0.1) is 0 Å². The molecule has 14 heteroatoms. The molecular weight excluding hydrogens is 959 g/mol. The Balaban J connectivity index is 0.975. The van der Waals surface area contributed by atoms with Gasteiger partial charge in [-0.2, -0.15) is 0 Å². The number of carbonyl (C=O) groups excluding carboxylic acids is 2. The van der Waals surface area contributed by atoms with E-state index in [1.54, 1.807) is 24.3 Å². The van der Waals surface area contributed by atoms with Crippen molar-refractivity contribution in [2.24, 2.45) is 0 Å². The molecule has 0 bridgehead atoms. The third-order valence-corrected chi connectivity index (χ3v) is 16.1. The lowest BCUT2D eigenvalue weighted by molar-refractivity contribution is -0.384. The fourth-order valence-electron chi connectivity index (χ4n) is 11.9. The quantitative estimate of drug-likeness (QED) is 0.0224. The number of benzene rings is 5. The van der Waals surface area contributed by atoms with Gasteiger partial charge in [-0.05, 0) is 150 Å². The average Bonchev–Trinajstić information content (AvgIpc) is 3.43. The van der Waals surface area contributed by atoms with E-state index < -0.39 is 22.2 Å². The predicted octanol–water partition coefficient (Wildman–Crippen LogP) is 10.0. The number of carboxylic acid groups (broad SMARTS) is 1. The van der Waals surface area contributed by atoms with E-state index in [1.165, 1.54) is 18.2 Å². The van der Waals surface area contributed by atoms with Crippen LogP contribution in [0.25, 0.3) is 16.7 Å². The SMILES string of the molecule is CC1=CC(C)(C)N(CCc2ccc([N+](=O)[O-])cc2)c2cc3c(cc21)C(c1cc(C(=O)O)ccc1C=O)=c1cc2c(cc1O3)=[N+](CCCCCC(=O)NCCNC1(C)CCc3c(C)c(O)c(C)c(C)c3O1)C(C)(C)C=C2C. The summed E-state index contributed by atoms with van der Waals surface area (Å²) in [5.41, 5.74) is 10.7. The van der Waals surface area contributed by atoms with Crippen LogP contribution in [-0.2, 0) is 17.6 Å². The molecule has 0 saturated heterocycles. The molecule has 0 aliphatic carbocycles. The van der Waals surface area contributed by atoms with Gasteiger partial charge >= 0.3 is 5.97 Å². The average molecular weight is 1030 g/mol. The predicted molar refractivity (Wildman–Crippen MR) is 297 cm³/mol. The fourth-order valence-corrected chi connectivity index (χ4v) is 11.9. The van der Waals surface area contributed by atoms with Crippen LogP contribution in [0.5, 0.6) is 23.0 Å². The van der Waals surface area contributed by atoms with Gasteiger partial charge in [-0.25, -0.2) is 9.37 Å². The number of non-ortho nitro benzene ring substituents is 1. The Bertz CT molecular complexity index is 3440. The van der Waals surface area contributed by atoms with Gasteiger partial charge < -0.3 is 29.9 Å². The van der Waals surface area contributed by atoms with Gasteiger partial charge in [0.25, 0.3) is 5.69 Å². The standard InChI is InChI=1S/C62H69N5O9/c1-36-33-60(6,7)65(26-13-11-12-14-55(69)63-24-25-64-62(10)23-21-45-40(5)57(70)38(3)39(4)58(45)76-62)51-31-53-49(29-46(36)51)56(48-28-42(59(71)72)17-18-43(48)35-68)50-30-47-37(2)34-61(8,9)66(52(47)32-54(50)75-53)27-22-41-15-19-44(20-16-41)67(73)74/h15-20,28-35,64H,11-14,21-27H2,1-10H3,(H2-,63,69,70,71,72)/p+1. The number of allylic oxidation sites excluding steroid dienone is 2. The molecule has 9 rings (SSSR count). The first-order chi connectivity index (χ1) is 36.0. The maximum atomic E-state index is 13.1. The molecule has 1 amide bonds. The van der Waals surface area contributed by atoms with E-state index in [2.05, 4.69) is 98.1 Å². The van der Waals surface area contributed by atoms with Crippen LogP contribution >= 0.6 is 0 Å². The number of unbranched alkanes of at least 4 members (excludes halogenated alkanes) is 2. The highest BCUT2D eigenvalue weighted by Crippen LogP contribution is 2.47. The summed E-state index contributed by atoms with van der Waals surface area (Å²) in [6.07, 6.45) is 10.3. The maximum absolute atomic E-state index is 13.1. The van der Waals surface area contributed by atoms with E-state index >= 15 is 0 Å². The number of phenolic OH excluding ortho intramolecular Hbond substituents is 1. The van der Waals surface area contributed by atoms with Crippen molar-refractivity contribution >= 4 is 46.3 Å². The number of phenols is 1. The summed E-state index contributed by atoms with van der Waals surface area (Å²) in [7, 11) is 0. The molecule has 14 nitrogen and oxygen atoms in total. The number of amides is 1. The Kier molecular flexibility index (Phi) is 14.4. The molecule has 5 aromatic carbocycles. The molecule has 4 aliphatic rings. The largest absolute Gasteiger partial charge is 0.507 e. The van der Waals surface area contributed by atoms with Gasteiger partial charge in [0.1, 0.15) is 29.5 Å². The second-order valence-corrected chi connectivity index (χ2v) is 22.3.